The molecule has 1 aromatic heterocycles. The van der Waals surface area contributed by atoms with Crippen LogP contribution in [-0.2, 0) is 6.54 Å². The van der Waals surface area contributed by atoms with E-state index in [0.717, 1.165) is 19.0 Å². The van der Waals surface area contributed by atoms with Gasteiger partial charge in [-0.2, -0.15) is 0 Å². The summed E-state index contributed by atoms with van der Waals surface area (Å²) in [6.45, 7) is 8.77. The van der Waals surface area contributed by atoms with Gasteiger partial charge in [-0.3, -0.25) is 0 Å². The molecule has 1 aromatic carbocycles. The monoisotopic (exact) mass is 298 g/mol. The molecular weight excluding hydrogens is 268 g/mol. The van der Waals surface area contributed by atoms with Gasteiger partial charge in [0.15, 0.2) is 0 Å². The molecule has 0 bridgehead atoms. The lowest BCUT2D eigenvalue weighted by atomic mass is 9.99. The standard InChI is InChI=1S/C20H30N2/c1-4-6-10-18(5-2)15-21-16-20-12-8-13-22(20)19-11-7-9-17(3)14-19/h7-9,11-14,18,21H,4-6,10,15-16H2,1-3H3. The van der Waals surface area contributed by atoms with E-state index in [4.69, 9.17) is 0 Å². The summed E-state index contributed by atoms with van der Waals surface area (Å²) in [7, 11) is 0. The molecule has 2 aromatic rings. The number of nitrogens with zero attached hydrogens (tertiary/aromatic N) is 1. The normalized spacial score (nSPS) is 12.5. The van der Waals surface area contributed by atoms with Gasteiger partial charge in [0.05, 0.1) is 0 Å². The van der Waals surface area contributed by atoms with Gasteiger partial charge in [-0.15, -0.1) is 0 Å². The number of benzene rings is 1. The number of hydrogen-bond acceptors (Lipinski definition) is 1. The lowest BCUT2D eigenvalue weighted by Crippen LogP contribution is -2.23. The van der Waals surface area contributed by atoms with Gasteiger partial charge < -0.3 is 9.88 Å². The fourth-order valence-corrected chi connectivity index (χ4v) is 2.94. The zero-order valence-corrected chi connectivity index (χ0v) is 14.3. The van der Waals surface area contributed by atoms with Gasteiger partial charge in [-0.25, -0.2) is 0 Å². The summed E-state index contributed by atoms with van der Waals surface area (Å²) in [4.78, 5) is 0. The highest BCUT2D eigenvalue weighted by Crippen LogP contribution is 2.15. The fourth-order valence-electron chi connectivity index (χ4n) is 2.94. The van der Waals surface area contributed by atoms with Gasteiger partial charge in [0.25, 0.3) is 0 Å². The van der Waals surface area contributed by atoms with Crippen molar-refractivity contribution in [3.05, 3.63) is 53.9 Å². The smallest absolute Gasteiger partial charge is 0.0455 e. The Morgan fingerprint density at radius 2 is 2.00 bits per heavy atom. The summed E-state index contributed by atoms with van der Waals surface area (Å²) in [6, 6.07) is 13.0. The summed E-state index contributed by atoms with van der Waals surface area (Å²) in [5, 5.41) is 3.65. The molecule has 1 N–H and O–H groups in total. The van der Waals surface area contributed by atoms with E-state index in [9.17, 15) is 0 Å². The lowest BCUT2D eigenvalue weighted by molar-refractivity contribution is 0.417. The number of unbranched alkanes of at least 4 members (excludes halogenated alkanes) is 1. The predicted molar refractivity (Wildman–Crippen MR) is 95.5 cm³/mol. The number of rotatable bonds is 9. The third-order valence-corrected chi connectivity index (χ3v) is 4.40. The molecule has 0 radical (unpaired) electrons. The zero-order valence-electron chi connectivity index (χ0n) is 14.3. The molecule has 0 aliphatic rings. The molecule has 0 fully saturated rings. The third-order valence-electron chi connectivity index (χ3n) is 4.40. The van der Waals surface area contributed by atoms with Crippen molar-refractivity contribution in [2.45, 2.75) is 53.0 Å². The topological polar surface area (TPSA) is 17.0 Å². The van der Waals surface area contributed by atoms with E-state index in [0.29, 0.717) is 0 Å². The van der Waals surface area contributed by atoms with Gasteiger partial charge in [0, 0.05) is 24.1 Å². The van der Waals surface area contributed by atoms with Gasteiger partial charge in [-0.1, -0.05) is 45.2 Å². The largest absolute Gasteiger partial charge is 0.320 e. The van der Waals surface area contributed by atoms with Gasteiger partial charge in [0.2, 0.25) is 0 Å². The van der Waals surface area contributed by atoms with Crippen molar-refractivity contribution in [2.24, 2.45) is 5.92 Å². The third kappa shape index (κ3) is 4.74. The molecule has 2 heteroatoms. The molecule has 0 aliphatic carbocycles. The van der Waals surface area contributed by atoms with Crippen LogP contribution in [0.4, 0.5) is 0 Å². The zero-order chi connectivity index (χ0) is 15.8. The van der Waals surface area contributed by atoms with Crippen LogP contribution < -0.4 is 5.32 Å². The molecule has 2 nitrogen and oxygen atoms in total. The molecular formula is C20H30N2. The van der Waals surface area contributed by atoms with E-state index >= 15 is 0 Å². The predicted octanol–water partition coefficient (Wildman–Crippen LogP) is 5.09. The van der Waals surface area contributed by atoms with Crippen LogP contribution in [0, 0.1) is 12.8 Å². The van der Waals surface area contributed by atoms with Crippen LogP contribution in [0.15, 0.2) is 42.6 Å². The van der Waals surface area contributed by atoms with E-state index in [1.54, 1.807) is 0 Å². The maximum absolute atomic E-state index is 3.65. The van der Waals surface area contributed by atoms with Crippen molar-refractivity contribution in [3.8, 4) is 5.69 Å². The molecule has 0 spiro atoms. The van der Waals surface area contributed by atoms with E-state index in [-0.39, 0.29) is 0 Å². The van der Waals surface area contributed by atoms with Crippen molar-refractivity contribution < 1.29 is 0 Å². The summed E-state index contributed by atoms with van der Waals surface area (Å²) < 4.78 is 2.28. The minimum atomic E-state index is 0.808. The Morgan fingerprint density at radius 1 is 1.14 bits per heavy atom. The molecule has 1 unspecified atom stereocenters. The summed E-state index contributed by atoms with van der Waals surface area (Å²) in [6.07, 6.45) is 7.41. The SMILES string of the molecule is CCCCC(CC)CNCc1cccn1-c1cccc(C)c1. The average Bonchev–Trinajstić information content (AvgIpc) is 2.99. The van der Waals surface area contributed by atoms with Gasteiger partial charge in [-0.05, 0) is 55.6 Å². The van der Waals surface area contributed by atoms with Crippen molar-refractivity contribution in [1.29, 1.82) is 0 Å². The Kier molecular flexibility index (Phi) is 6.73. The second-order valence-electron chi connectivity index (χ2n) is 6.26. The van der Waals surface area contributed by atoms with Crippen LogP contribution in [0.5, 0.6) is 0 Å². The summed E-state index contributed by atoms with van der Waals surface area (Å²) >= 11 is 0. The first-order valence-electron chi connectivity index (χ1n) is 8.68. The van der Waals surface area contributed by atoms with Crippen LogP contribution in [0.2, 0.25) is 0 Å². The van der Waals surface area contributed by atoms with E-state index in [1.165, 1.54) is 42.6 Å². The number of aromatic nitrogens is 1. The number of nitrogens with one attached hydrogen (secondary N) is 1. The highest BCUT2D eigenvalue weighted by Gasteiger charge is 2.07. The second-order valence-corrected chi connectivity index (χ2v) is 6.26. The molecule has 1 heterocycles. The highest BCUT2D eigenvalue weighted by molar-refractivity contribution is 5.37. The first-order chi connectivity index (χ1) is 10.7. The minimum Gasteiger partial charge on any atom is -0.320 e. The second kappa shape index (κ2) is 8.79. The summed E-state index contributed by atoms with van der Waals surface area (Å²) in [5.74, 6) is 0.808. The van der Waals surface area contributed by atoms with Crippen molar-refractivity contribution >= 4 is 0 Å². The molecule has 0 aliphatic heterocycles. The first-order valence-corrected chi connectivity index (χ1v) is 8.68. The van der Waals surface area contributed by atoms with Crippen LogP contribution >= 0.6 is 0 Å². The fraction of sp³-hybridized carbons (Fsp3) is 0.500. The molecule has 0 saturated carbocycles. The van der Waals surface area contributed by atoms with Crippen LogP contribution in [0.3, 0.4) is 0 Å². The van der Waals surface area contributed by atoms with E-state index in [2.05, 4.69) is 73.3 Å². The molecule has 22 heavy (non-hydrogen) atoms. The van der Waals surface area contributed by atoms with Crippen LogP contribution in [0.25, 0.3) is 5.69 Å². The summed E-state index contributed by atoms with van der Waals surface area (Å²) in [5.41, 5.74) is 3.88. The Hall–Kier alpha value is -1.54. The van der Waals surface area contributed by atoms with Crippen molar-refractivity contribution in [3.63, 3.8) is 0 Å². The molecule has 0 saturated heterocycles. The van der Waals surface area contributed by atoms with Crippen LogP contribution in [0.1, 0.15) is 50.8 Å². The highest BCUT2D eigenvalue weighted by atomic mass is 15.0. The van der Waals surface area contributed by atoms with Gasteiger partial charge in [0.1, 0.15) is 0 Å². The van der Waals surface area contributed by atoms with E-state index in [1.807, 2.05) is 0 Å². The molecule has 2 rings (SSSR count). The molecule has 1 atom stereocenters. The Bertz CT molecular complexity index is 556. The maximum Gasteiger partial charge on any atom is 0.0455 e. The quantitative estimate of drug-likeness (QED) is 0.682. The minimum absolute atomic E-state index is 0.808. The Balaban J connectivity index is 1.93. The first kappa shape index (κ1) is 16.8. The number of hydrogen-bond donors (Lipinski definition) is 1. The molecule has 0 amide bonds. The van der Waals surface area contributed by atoms with E-state index < -0.39 is 0 Å². The van der Waals surface area contributed by atoms with Crippen LogP contribution in [-0.4, -0.2) is 11.1 Å². The molecule has 120 valence electrons. The maximum atomic E-state index is 3.65. The Labute approximate surface area is 135 Å². The van der Waals surface area contributed by atoms with Crippen molar-refractivity contribution in [2.75, 3.05) is 6.54 Å². The lowest BCUT2D eigenvalue weighted by Gasteiger charge is -2.16. The van der Waals surface area contributed by atoms with Crippen molar-refractivity contribution in [1.82, 2.24) is 9.88 Å². The Morgan fingerprint density at radius 3 is 2.73 bits per heavy atom. The average molecular weight is 298 g/mol. The number of aryl methyl sites for hydroxylation is 1. The van der Waals surface area contributed by atoms with Gasteiger partial charge >= 0.3 is 0 Å².